The minimum absolute atomic E-state index is 0.0155. The Morgan fingerprint density at radius 2 is 1.06 bits per heavy atom. The lowest BCUT2D eigenvalue weighted by molar-refractivity contribution is -0.147. The fraction of sp³-hybridized carbons (Fsp3) is 0.762. The molecule has 4 N–H and O–H groups in total. The first-order valence-electron chi connectivity index (χ1n) is 11.5. The molecule has 0 aromatic carbocycles. The summed E-state index contributed by atoms with van der Waals surface area (Å²) in [6.45, 7) is 2.58. The summed E-state index contributed by atoms with van der Waals surface area (Å²) in [5.41, 5.74) is 0. The van der Waals surface area contributed by atoms with Crippen LogP contribution in [0.15, 0.2) is 0 Å². The van der Waals surface area contributed by atoms with Gasteiger partial charge in [-0.3, -0.25) is 43.6 Å². The van der Waals surface area contributed by atoms with Crippen molar-refractivity contribution in [1.82, 2.24) is 19.6 Å². The number of carbonyl (C=O) groups is 5. The van der Waals surface area contributed by atoms with Gasteiger partial charge in [0.25, 0.3) is 0 Å². The molecule has 35 heavy (non-hydrogen) atoms. The molecule has 200 valence electrons. The molecule has 1 unspecified atom stereocenters. The van der Waals surface area contributed by atoms with Crippen LogP contribution in [0.4, 0.5) is 0 Å². The van der Waals surface area contributed by atoms with Gasteiger partial charge in [0.2, 0.25) is 0 Å². The van der Waals surface area contributed by atoms with E-state index in [9.17, 15) is 44.4 Å². The van der Waals surface area contributed by atoms with E-state index in [2.05, 4.69) is 0 Å². The molecule has 1 aliphatic rings. The van der Waals surface area contributed by atoms with Crippen molar-refractivity contribution in [2.75, 3.05) is 78.6 Å². The van der Waals surface area contributed by atoms with Crippen molar-refractivity contribution >= 4 is 29.8 Å². The Kier molecular flexibility index (Phi) is 13.8. The number of aliphatic carboxylic acids is 4. The van der Waals surface area contributed by atoms with Crippen molar-refractivity contribution in [1.29, 1.82) is 0 Å². The number of carboxylic acid groups (broad SMARTS) is 4. The van der Waals surface area contributed by atoms with Gasteiger partial charge in [0.15, 0.2) is 0 Å². The van der Waals surface area contributed by atoms with Crippen LogP contribution in [0.1, 0.15) is 19.8 Å². The van der Waals surface area contributed by atoms with Gasteiger partial charge in [0.1, 0.15) is 6.04 Å². The van der Waals surface area contributed by atoms with E-state index in [1.165, 1.54) is 0 Å². The first-order valence-corrected chi connectivity index (χ1v) is 11.5. The number of hydrogen-bond acceptors (Lipinski definition) is 10. The molecule has 14 heteroatoms. The maximum Gasteiger partial charge on any atom is 0.320 e. The molecule has 1 saturated heterocycles. The highest BCUT2D eigenvalue weighted by Crippen LogP contribution is 2.11. The lowest BCUT2D eigenvalue weighted by atomic mass is 10.1. The Bertz CT molecular complexity index is 703. The van der Waals surface area contributed by atoms with Gasteiger partial charge in [0, 0.05) is 58.8 Å². The number of nitrogens with zero attached hydrogens (tertiary/aromatic N) is 4. The summed E-state index contributed by atoms with van der Waals surface area (Å²) in [5.74, 6) is -4.87. The molecular formula is C21H36N4O10. The SMILES string of the molecule is CCOC(=O)CCC(C(=O)O)N1CCN(CC(=O)O)CCN(CC(=O)O)CCN(CC(=O)O)CC1. The summed E-state index contributed by atoms with van der Waals surface area (Å²) in [6, 6.07) is -1.05. The lowest BCUT2D eigenvalue weighted by Gasteiger charge is -2.35. The molecule has 0 amide bonds. The van der Waals surface area contributed by atoms with Gasteiger partial charge in [-0.15, -0.1) is 0 Å². The van der Waals surface area contributed by atoms with Crippen molar-refractivity contribution in [3.63, 3.8) is 0 Å². The van der Waals surface area contributed by atoms with E-state index in [0.29, 0.717) is 0 Å². The number of carboxylic acids is 4. The van der Waals surface area contributed by atoms with Crippen LogP contribution in [0.5, 0.6) is 0 Å². The van der Waals surface area contributed by atoms with Gasteiger partial charge in [-0.25, -0.2) is 0 Å². The van der Waals surface area contributed by atoms with E-state index in [1.807, 2.05) is 0 Å². The molecule has 0 bridgehead atoms. The number of hydrogen-bond donors (Lipinski definition) is 4. The number of esters is 1. The molecule has 14 nitrogen and oxygen atoms in total. The molecule has 1 atom stereocenters. The standard InChI is InChI=1S/C21H36N4O10/c1-2-35-20(32)4-3-16(21(33)34)25-11-9-23(14-18(28)29)7-5-22(13-17(26)27)6-8-24(10-12-25)15-19(30)31/h16H,2-15H2,1H3,(H,26,27)(H,28,29)(H,30,31)(H,33,34). The second-order valence-electron chi connectivity index (χ2n) is 8.24. The summed E-state index contributed by atoms with van der Waals surface area (Å²) in [7, 11) is 0. The van der Waals surface area contributed by atoms with Crippen LogP contribution in [0.25, 0.3) is 0 Å². The topological polar surface area (TPSA) is 188 Å². The second-order valence-corrected chi connectivity index (χ2v) is 8.24. The van der Waals surface area contributed by atoms with Gasteiger partial charge >= 0.3 is 29.8 Å². The summed E-state index contributed by atoms with van der Waals surface area (Å²) in [5, 5.41) is 37.6. The van der Waals surface area contributed by atoms with Crippen molar-refractivity contribution in [2.45, 2.75) is 25.8 Å². The van der Waals surface area contributed by atoms with Gasteiger partial charge < -0.3 is 25.2 Å². The van der Waals surface area contributed by atoms with Gasteiger partial charge in [0.05, 0.1) is 26.2 Å². The fourth-order valence-electron chi connectivity index (χ4n) is 3.86. The predicted molar refractivity (Wildman–Crippen MR) is 121 cm³/mol. The second kappa shape index (κ2) is 16.0. The maximum atomic E-state index is 12.0. The third-order valence-corrected chi connectivity index (χ3v) is 5.60. The Labute approximate surface area is 203 Å². The number of carbonyl (C=O) groups excluding carboxylic acids is 1. The normalized spacial score (nSPS) is 18.7. The van der Waals surface area contributed by atoms with Gasteiger partial charge in [-0.1, -0.05) is 0 Å². The van der Waals surface area contributed by atoms with Gasteiger partial charge in [-0.2, -0.15) is 0 Å². The lowest BCUT2D eigenvalue weighted by Crippen LogP contribution is -2.51. The minimum atomic E-state index is -1.15. The monoisotopic (exact) mass is 504 g/mol. The average molecular weight is 505 g/mol. The molecule has 0 radical (unpaired) electrons. The third kappa shape index (κ3) is 13.0. The van der Waals surface area contributed by atoms with Crippen molar-refractivity contribution in [3.05, 3.63) is 0 Å². The van der Waals surface area contributed by atoms with Crippen LogP contribution in [-0.4, -0.2) is 155 Å². The zero-order valence-electron chi connectivity index (χ0n) is 20.0. The van der Waals surface area contributed by atoms with Crippen LogP contribution in [-0.2, 0) is 28.7 Å². The van der Waals surface area contributed by atoms with E-state index in [-0.39, 0.29) is 91.4 Å². The highest BCUT2D eigenvalue weighted by atomic mass is 16.5. The van der Waals surface area contributed by atoms with Gasteiger partial charge in [-0.05, 0) is 13.3 Å². The van der Waals surface area contributed by atoms with Crippen LogP contribution in [0.2, 0.25) is 0 Å². The van der Waals surface area contributed by atoms with Crippen molar-refractivity contribution in [2.24, 2.45) is 0 Å². The fourth-order valence-corrected chi connectivity index (χ4v) is 3.86. The minimum Gasteiger partial charge on any atom is -0.480 e. The van der Waals surface area contributed by atoms with E-state index >= 15 is 0 Å². The van der Waals surface area contributed by atoms with Crippen LogP contribution >= 0.6 is 0 Å². The molecule has 1 rings (SSSR count). The number of ether oxygens (including phenoxy) is 1. The van der Waals surface area contributed by atoms with Crippen LogP contribution < -0.4 is 0 Å². The Morgan fingerprint density at radius 1 is 0.686 bits per heavy atom. The maximum absolute atomic E-state index is 12.0. The Balaban J connectivity index is 3.10. The zero-order valence-corrected chi connectivity index (χ0v) is 20.0. The van der Waals surface area contributed by atoms with E-state index in [0.717, 1.165) is 0 Å². The Hall–Kier alpha value is -2.81. The average Bonchev–Trinajstić information content (AvgIpc) is 2.74. The molecule has 0 saturated carbocycles. The highest BCUT2D eigenvalue weighted by molar-refractivity contribution is 5.75. The largest absolute Gasteiger partial charge is 0.480 e. The quantitative estimate of drug-likeness (QED) is 0.219. The number of rotatable bonds is 12. The molecule has 1 heterocycles. The molecule has 0 aromatic heterocycles. The summed E-state index contributed by atoms with van der Waals surface area (Å²) < 4.78 is 4.89. The van der Waals surface area contributed by atoms with E-state index in [1.54, 1.807) is 26.5 Å². The highest BCUT2D eigenvalue weighted by Gasteiger charge is 2.28. The zero-order chi connectivity index (χ0) is 26.4. The molecule has 1 fully saturated rings. The van der Waals surface area contributed by atoms with Crippen LogP contribution in [0.3, 0.4) is 0 Å². The molecule has 1 aliphatic heterocycles. The summed E-state index contributed by atoms with van der Waals surface area (Å²) in [4.78, 5) is 64.2. The first-order chi connectivity index (χ1) is 16.5. The van der Waals surface area contributed by atoms with E-state index < -0.39 is 35.9 Å². The molecule has 0 spiro atoms. The third-order valence-electron chi connectivity index (χ3n) is 5.60. The molecule has 0 aliphatic carbocycles. The molecule has 0 aromatic rings. The van der Waals surface area contributed by atoms with E-state index in [4.69, 9.17) is 4.74 Å². The predicted octanol–water partition coefficient (Wildman–Crippen LogP) is -1.74. The first kappa shape index (κ1) is 30.2. The molecular weight excluding hydrogens is 468 g/mol. The van der Waals surface area contributed by atoms with Crippen molar-refractivity contribution in [3.8, 4) is 0 Å². The van der Waals surface area contributed by atoms with Crippen LogP contribution in [0, 0.1) is 0 Å². The Morgan fingerprint density at radius 3 is 1.37 bits per heavy atom. The summed E-state index contributed by atoms with van der Waals surface area (Å²) >= 11 is 0. The summed E-state index contributed by atoms with van der Waals surface area (Å²) in [6.07, 6.45) is -0.123. The smallest absolute Gasteiger partial charge is 0.320 e. The van der Waals surface area contributed by atoms with Crippen molar-refractivity contribution < 1.29 is 49.1 Å².